The summed E-state index contributed by atoms with van der Waals surface area (Å²) < 4.78 is 28.1. The Balaban J connectivity index is 1.49. The Labute approximate surface area is 219 Å². The SMILES string of the molecule is NC(=O)c1cccc(-c2cccnc2[C@@H](CC(=O)CC2=CCc3ccccc32)Cc2cc(F)cc(F)c2)c1. The van der Waals surface area contributed by atoms with Crippen molar-refractivity contribution in [1.82, 2.24) is 4.98 Å². The quantitative estimate of drug-likeness (QED) is 0.283. The van der Waals surface area contributed by atoms with Crippen molar-refractivity contribution in [2.75, 3.05) is 0 Å². The molecule has 6 heteroatoms. The first-order chi connectivity index (χ1) is 18.4. The summed E-state index contributed by atoms with van der Waals surface area (Å²) in [6.45, 7) is 0. The minimum absolute atomic E-state index is 0.0114. The first-order valence-corrected chi connectivity index (χ1v) is 12.5. The minimum Gasteiger partial charge on any atom is -0.366 e. The monoisotopic (exact) mass is 508 g/mol. The highest BCUT2D eigenvalue weighted by Crippen LogP contribution is 2.35. The molecule has 1 aromatic heterocycles. The lowest BCUT2D eigenvalue weighted by Crippen LogP contribution is -2.14. The number of ketones is 1. The Hall–Kier alpha value is -4.45. The van der Waals surface area contributed by atoms with Gasteiger partial charge in [0.2, 0.25) is 5.91 Å². The highest BCUT2D eigenvalue weighted by Gasteiger charge is 2.24. The molecule has 3 aromatic carbocycles. The fourth-order valence-electron chi connectivity index (χ4n) is 5.19. The lowest BCUT2D eigenvalue weighted by molar-refractivity contribution is -0.118. The fraction of sp³-hybridized carbons (Fsp3) is 0.156. The molecule has 0 aliphatic heterocycles. The van der Waals surface area contributed by atoms with Crippen LogP contribution in [0.5, 0.6) is 0 Å². The molecule has 1 atom stereocenters. The number of pyridine rings is 1. The van der Waals surface area contributed by atoms with Gasteiger partial charge in [-0.05, 0) is 71.0 Å². The van der Waals surface area contributed by atoms with E-state index < -0.39 is 23.5 Å². The van der Waals surface area contributed by atoms with Gasteiger partial charge in [-0.3, -0.25) is 14.6 Å². The van der Waals surface area contributed by atoms with Crippen molar-refractivity contribution >= 4 is 17.3 Å². The van der Waals surface area contributed by atoms with Crippen LogP contribution in [0.2, 0.25) is 0 Å². The zero-order chi connectivity index (χ0) is 26.6. The third kappa shape index (κ3) is 5.59. The van der Waals surface area contributed by atoms with E-state index in [0.29, 0.717) is 16.8 Å². The molecule has 0 bridgehead atoms. The second kappa shape index (κ2) is 10.9. The predicted molar refractivity (Wildman–Crippen MR) is 143 cm³/mol. The number of rotatable bonds is 9. The smallest absolute Gasteiger partial charge is 0.248 e. The average molecular weight is 509 g/mol. The number of amides is 1. The van der Waals surface area contributed by atoms with Gasteiger partial charge >= 0.3 is 0 Å². The van der Waals surface area contributed by atoms with Gasteiger partial charge in [-0.2, -0.15) is 0 Å². The van der Waals surface area contributed by atoms with E-state index in [1.165, 1.54) is 17.7 Å². The van der Waals surface area contributed by atoms with Crippen molar-refractivity contribution in [3.8, 4) is 11.1 Å². The van der Waals surface area contributed by atoms with Crippen LogP contribution < -0.4 is 5.73 Å². The van der Waals surface area contributed by atoms with Crippen molar-refractivity contribution in [3.63, 3.8) is 0 Å². The molecule has 0 unspecified atom stereocenters. The zero-order valence-corrected chi connectivity index (χ0v) is 20.7. The van der Waals surface area contributed by atoms with Gasteiger partial charge < -0.3 is 5.73 Å². The molecule has 0 spiro atoms. The molecule has 0 radical (unpaired) electrons. The van der Waals surface area contributed by atoms with E-state index in [1.54, 1.807) is 30.5 Å². The van der Waals surface area contributed by atoms with Gasteiger partial charge in [0.25, 0.3) is 0 Å². The average Bonchev–Trinajstić information content (AvgIpc) is 3.30. The molecular weight excluding hydrogens is 482 g/mol. The second-order valence-electron chi connectivity index (χ2n) is 9.57. The van der Waals surface area contributed by atoms with Gasteiger partial charge in [-0.25, -0.2) is 8.78 Å². The number of Topliss-reactive ketones (excluding diaryl/α,β-unsaturated/α-hetero) is 1. The van der Waals surface area contributed by atoms with Crippen LogP contribution in [0.25, 0.3) is 16.7 Å². The van der Waals surface area contributed by atoms with E-state index in [-0.39, 0.29) is 25.0 Å². The lowest BCUT2D eigenvalue weighted by Gasteiger charge is -2.20. The van der Waals surface area contributed by atoms with E-state index in [9.17, 15) is 18.4 Å². The van der Waals surface area contributed by atoms with Gasteiger partial charge in [-0.1, -0.05) is 48.5 Å². The van der Waals surface area contributed by atoms with E-state index >= 15 is 0 Å². The molecule has 1 heterocycles. The number of hydrogen-bond donors (Lipinski definition) is 1. The molecule has 2 N–H and O–H groups in total. The summed E-state index contributed by atoms with van der Waals surface area (Å²) in [6.07, 6.45) is 5.14. The summed E-state index contributed by atoms with van der Waals surface area (Å²) in [5, 5.41) is 0. The van der Waals surface area contributed by atoms with Crippen LogP contribution in [-0.2, 0) is 17.6 Å². The zero-order valence-electron chi connectivity index (χ0n) is 20.7. The number of halogens is 2. The van der Waals surface area contributed by atoms with Gasteiger partial charge in [0.1, 0.15) is 17.4 Å². The molecule has 0 fully saturated rings. The number of benzene rings is 3. The summed E-state index contributed by atoms with van der Waals surface area (Å²) >= 11 is 0. The maximum absolute atomic E-state index is 14.0. The Kier molecular flexibility index (Phi) is 7.22. The first kappa shape index (κ1) is 25.2. The Bertz CT molecular complexity index is 1540. The summed E-state index contributed by atoms with van der Waals surface area (Å²) in [7, 11) is 0. The summed E-state index contributed by atoms with van der Waals surface area (Å²) in [4.78, 5) is 29.8. The van der Waals surface area contributed by atoms with Crippen LogP contribution in [0.15, 0.2) is 91.1 Å². The summed E-state index contributed by atoms with van der Waals surface area (Å²) in [5.41, 5.74) is 11.6. The third-order valence-corrected chi connectivity index (χ3v) is 6.88. The molecule has 1 amide bonds. The number of hydrogen-bond acceptors (Lipinski definition) is 3. The third-order valence-electron chi connectivity index (χ3n) is 6.88. The number of nitrogens with zero attached hydrogens (tertiary/aromatic N) is 1. The Morgan fingerprint density at radius 2 is 1.66 bits per heavy atom. The van der Waals surface area contributed by atoms with Crippen LogP contribution in [0.1, 0.15) is 51.5 Å². The van der Waals surface area contributed by atoms with Crippen molar-refractivity contribution in [3.05, 3.63) is 131 Å². The highest BCUT2D eigenvalue weighted by atomic mass is 19.1. The van der Waals surface area contributed by atoms with Gasteiger partial charge in [0, 0.05) is 42.1 Å². The predicted octanol–water partition coefficient (Wildman–Crippen LogP) is 6.44. The molecule has 4 nitrogen and oxygen atoms in total. The molecule has 190 valence electrons. The Morgan fingerprint density at radius 3 is 2.45 bits per heavy atom. The number of carbonyl (C=O) groups is 2. The van der Waals surface area contributed by atoms with Crippen molar-refractivity contribution in [2.24, 2.45) is 5.73 Å². The Morgan fingerprint density at radius 1 is 0.895 bits per heavy atom. The first-order valence-electron chi connectivity index (χ1n) is 12.5. The van der Waals surface area contributed by atoms with E-state index in [4.69, 9.17) is 5.73 Å². The lowest BCUT2D eigenvalue weighted by atomic mass is 9.85. The highest BCUT2D eigenvalue weighted by molar-refractivity contribution is 5.94. The van der Waals surface area contributed by atoms with Crippen molar-refractivity contribution < 1.29 is 18.4 Å². The van der Waals surface area contributed by atoms with Gasteiger partial charge in [0.05, 0.1) is 5.69 Å². The van der Waals surface area contributed by atoms with E-state index in [0.717, 1.165) is 34.8 Å². The number of primary amides is 1. The minimum atomic E-state index is -0.673. The maximum atomic E-state index is 14.0. The van der Waals surface area contributed by atoms with Crippen LogP contribution in [0, 0.1) is 11.6 Å². The number of nitrogens with two attached hydrogens (primary N) is 1. The molecular formula is C32H26F2N2O2. The van der Waals surface area contributed by atoms with Crippen molar-refractivity contribution in [1.29, 1.82) is 0 Å². The van der Waals surface area contributed by atoms with Gasteiger partial charge in [0.15, 0.2) is 0 Å². The number of allylic oxidation sites excluding steroid dienone is 2. The number of fused-ring (bicyclic) bond motifs is 1. The van der Waals surface area contributed by atoms with E-state index in [1.807, 2.05) is 30.3 Å². The topological polar surface area (TPSA) is 73.1 Å². The van der Waals surface area contributed by atoms with E-state index in [2.05, 4.69) is 17.1 Å². The molecule has 4 aromatic rings. The largest absolute Gasteiger partial charge is 0.366 e. The van der Waals surface area contributed by atoms with Crippen LogP contribution in [0.3, 0.4) is 0 Å². The molecule has 1 aliphatic rings. The summed E-state index contributed by atoms with van der Waals surface area (Å²) in [5.74, 6) is -2.34. The van der Waals surface area contributed by atoms with Crippen LogP contribution in [0.4, 0.5) is 8.78 Å². The molecule has 38 heavy (non-hydrogen) atoms. The maximum Gasteiger partial charge on any atom is 0.248 e. The van der Waals surface area contributed by atoms with Crippen LogP contribution >= 0.6 is 0 Å². The fourth-order valence-corrected chi connectivity index (χ4v) is 5.19. The summed E-state index contributed by atoms with van der Waals surface area (Å²) in [6, 6.07) is 22.0. The second-order valence-corrected chi connectivity index (χ2v) is 9.57. The standard InChI is InChI=1S/C32H26F2N2O2/c33-26-14-20(15-27(34)19-26)13-25(18-28(37)17-23-11-10-21-5-1-2-8-29(21)23)31-30(9-4-12-36-31)22-6-3-7-24(16-22)32(35)38/h1-9,11-12,14-16,19,25H,10,13,17-18H2,(H2,35,38)/t25-/m1/s1. The van der Waals surface area contributed by atoms with Crippen LogP contribution in [-0.4, -0.2) is 16.7 Å². The number of aromatic nitrogens is 1. The van der Waals surface area contributed by atoms with Crippen molar-refractivity contribution in [2.45, 2.75) is 31.6 Å². The molecule has 0 saturated carbocycles. The molecule has 0 saturated heterocycles. The van der Waals surface area contributed by atoms with Gasteiger partial charge in [-0.15, -0.1) is 0 Å². The number of carbonyl (C=O) groups excluding carboxylic acids is 2. The normalized spacial score (nSPS) is 13.1. The molecule has 5 rings (SSSR count). The molecule has 1 aliphatic carbocycles.